The van der Waals surface area contributed by atoms with E-state index < -0.39 is 0 Å². The molecular formula is C18H15BrN2O3S. The Balaban J connectivity index is 1.70. The molecule has 2 aromatic heterocycles. The number of hydrogen-bond acceptors (Lipinski definition) is 5. The molecule has 0 atom stereocenters. The highest BCUT2D eigenvalue weighted by atomic mass is 79.9. The fourth-order valence-corrected chi connectivity index (χ4v) is 3.93. The molecule has 1 aromatic carbocycles. The van der Waals surface area contributed by atoms with E-state index in [0.717, 1.165) is 20.6 Å². The monoisotopic (exact) mass is 418 g/mol. The molecular weight excluding hydrogens is 404 g/mol. The molecule has 0 radical (unpaired) electrons. The van der Waals surface area contributed by atoms with Crippen LogP contribution in [0.5, 0.6) is 11.5 Å². The SMILES string of the molecule is Cc1ccc(-c2ccc(=O)n(Cc3cc4c(cc3Br)OCCO4)n2)s1. The van der Waals surface area contributed by atoms with Crippen molar-refractivity contribution in [1.29, 1.82) is 0 Å². The first kappa shape index (κ1) is 16.4. The lowest BCUT2D eigenvalue weighted by atomic mass is 10.2. The van der Waals surface area contributed by atoms with Gasteiger partial charge in [0.25, 0.3) is 5.56 Å². The van der Waals surface area contributed by atoms with Gasteiger partial charge in [0.2, 0.25) is 0 Å². The first-order valence-electron chi connectivity index (χ1n) is 7.83. The third-order valence-corrected chi connectivity index (χ3v) is 5.65. The molecule has 0 saturated heterocycles. The number of halogens is 1. The summed E-state index contributed by atoms with van der Waals surface area (Å²) in [6.07, 6.45) is 0. The van der Waals surface area contributed by atoms with Crippen LogP contribution in [0.4, 0.5) is 0 Å². The molecule has 3 aromatic rings. The van der Waals surface area contributed by atoms with E-state index >= 15 is 0 Å². The lowest BCUT2D eigenvalue weighted by Gasteiger charge is -2.20. The van der Waals surface area contributed by atoms with Crippen LogP contribution >= 0.6 is 27.3 Å². The van der Waals surface area contributed by atoms with Crippen LogP contribution in [0, 0.1) is 6.92 Å². The van der Waals surface area contributed by atoms with Crippen molar-refractivity contribution in [3.63, 3.8) is 0 Å². The largest absolute Gasteiger partial charge is 0.486 e. The maximum absolute atomic E-state index is 12.2. The summed E-state index contributed by atoms with van der Waals surface area (Å²) in [5, 5.41) is 4.53. The number of nitrogens with zero attached hydrogens (tertiary/aromatic N) is 2. The molecule has 0 spiro atoms. The van der Waals surface area contributed by atoms with Gasteiger partial charge < -0.3 is 9.47 Å². The predicted octanol–water partition coefficient (Wildman–Crippen LogP) is 3.86. The van der Waals surface area contributed by atoms with Crippen molar-refractivity contribution in [2.75, 3.05) is 13.2 Å². The van der Waals surface area contributed by atoms with E-state index in [-0.39, 0.29) is 5.56 Å². The zero-order chi connectivity index (χ0) is 17.4. The summed E-state index contributed by atoms with van der Waals surface area (Å²) in [6, 6.07) is 11.2. The van der Waals surface area contributed by atoms with Crippen LogP contribution in [-0.2, 0) is 6.54 Å². The van der Waals surface area contributed by atoms with Gasteiger partial charge >= 0.3 is 0 Å². The summed E-state index contributed by atoms with van der Waals surface area (Å²) in [5.41, 5.74) is 1.57. The summed E-state index contributed by atoms with van der Waals surface area (Å²) < 4.78 is 13.5. The maximum atomic E-state index is 12.2. The molecule has 0 aliphatic carbocycles. The number of ether oxygens (including phenoxy) is 2. The van der Waals surface area contributed by atoms with Gasteiger partial charge in [-0.15, -0.1) is 11.3 Å². The van der Waals surface area contributed by atoms with Crippen LogP contribution in [0.3, 0.4) is 0 Å². The summed E-state index contributed by atoms with van der Waals surface area (Å²) in [6.45, 7) is 3.48. The predicted molar refractivity (Wildman–Crippen MR) is 101 cm³/mol. The molecule has 1 aliphatic rings. The molecule has 0 bridgehead atoms. The number of thiophene rings is 1. The molecule has 0 unspecified atom stereocenters. The minimum Gasteiger partial charge on any atom is -0.486 e. The van der Waals surface area contributed by atoms with Crippen molar-refractivity contribution < 1.29 is 9.47 Å². The average molecular weight is 419 g/mol. The summed E-state index contributed by atoms with van der Waals surface area (Å²) in [5.74, 6) is 1.41. The van der Waals surface area contributed by atoms with E-state index in [0.29, 0.717) is 31.3 Å². The summed E-state index contributed by atoms with van der Waals surface area (Å²) >= 11 is 5.21. The molecule has 5 nitrogen and oxygen atoms in total. The zero-order valence-electron chi connectivity index (χ0n) is 13.5. The Morgan fingerprint density at radius 1 is 1.16 bits per heavy atom. The minimum atomic E-state index is -0.140. The van der Waals surface area contributed by atoms with Gasteiger partial charge in [-0.05, 0) is 42.8 Å². The fraction of sp³-hybridized carbons (Fsp3) is 0.222. The quantitative estimate of drug-likeness (QED) is 0.647. The Morgan fingerprint density at radius 2 is 1.92 bits per heavy atom. The molecule has 0 saturated carbocycles. The van der Waals surface area contributed by atoms with Gasteiger partial charge in [-0.25, -0.2) is 4.68 Å². The maximum Gasteiger partial charge on any atom is 0.267 e. The minimum absolute atomic E-state index is 0.140. The molecule has 1 aliphatic heterocycles. The topological polar surface area (TPSA) is 53.4 Å². The number of aryl methyl sites for hydroxylation is 1. The van der Waals surface area contributed by atoms with Gasteiger partial charge in [-0.1, -0.05) is 15.9 Å². The first-order chi connectivity index (χ1) is 12.1. The van der Waals surface area contributed by atoms with Crippen molar-refractivity contribution >= 4 is 27.3 Å². The summed E-state index contributed by atoms with van der Waals surface area (Å²) in [4.78, 5) is 14.5. The van der Waals surface area contributed by atoms with Crippen LogP contribution in [0.25, 0.3) is 10.6 Å². The van der Waals surface area contributed by atoms with Crippen LogP contribution in [-0.4, -0.2) is 23.0 Å². The third kappa shape index (κ3) is 3.34. The number of rotatable bonds is 3. The second kappa shape index (κ2) is 6.65. The van der Waals surface area contributed by atoms with Gasteiger partial charge in [0.05, 0.1) is 11.4 Å². The highest BCUT2D eigenvalue weighted by Crippen LogP contribution is 2.35. The van der Waals surface area contributed by atoms with Crippen LogP contribution in [0.15, 0.2) is 45.7 Å². The number of fused-ring (bicyclic) bond motifs is 1. The Hall–Kier alpha value is -2.12. The average Bonchev–Trinajstić information content (AvgIpc) is 3.04. The molecule has 0 amide bonds. The fourth-order valence-electron chi connectivity index (χ4n) is 2.65. The van der Waals surface area contributed by atoms with Crippen molar-refractivity contribution in [3.8, 4) is 22.1 Å². The number of hydrogen-bond donors (Lipinski definition) is 0. The van der Waals surface area contributed by atoms with Crippen molar-refractivity contribution in [2.24, 2.45) is 0 Å². The van der Waals surface area contributed by atoms with E-state index in [1.54, 1.807) is 23.5 Å². The summed E-state index contributed by atoms with van der Waals surface area (Å²) in [7, 11) is 0. The zero-order valence-corrected chi connectivity index (χ0v) is 15.9. The smallest absolute Gasteiger partial charge is 0.267 e. The molecule has 4 rings (SSSR count). The molecule has 25 heavy (non-hydrogen) atoms. The van der Waals surface area contributed by atoms with Gasteiger partial charge in [0, 0.05) is 15.4 Å². The van der Waals surface area contributed by atoms with E-state index in [4.69, 9.17) is 9.47 Å². The Labute approximate surface area is 157 Å². The highest BCUT2D eigenvalue weighted by Gasteiger charge is 2.16. The molecule has 128 valence electrons. The molecule has 3 heterocycles. The Kier molecular flexibility index (Phi) is 4.35. The second-order valence-electron chi connectivity index (χ2n) is 5.71. The van der Waals surface area contributed by atoms with Crippen LogP contribution in [0.2, 0.25) is 0 Å². The first-order valence-corrected chi connectivity index (χ1v) is 9.44. The van der Waals surface area contributed by atoms with E-state index in [1.165, 1.54) is 9.56 Å². The normalized spacial score (nSPS) is 13.0. The van der Waals surface area contributed by atoms with E-state index in [9.17, 15) is 4.79 Å². The van der Waals surface area contributed by atoms with Crippen molar-refractivity contribution in [1.82, 2.24) is 9.78 Å². The molecule has 0 fully saturated rings. The van der Waals surface area contributed by atoms with Crippen molar-refractivity contribution in [2.45, 2.75) is 13.5 Å². The van der Waals surface area contributed by atoms with Gasteiger partial charge in [0.1, 0.15) is 18.9 Å². The lowest BCUT2D eigenvalue weighted by Crippen LogP contribution is -2.23. The van der Waals surface area contributed by atoms with Gasteiger partial charge in [-0.2, -0.15) is 5.10 Å². The number of aromatic nitrogens is 2. The highest BCUT2D eigenvalue weighted by molar-refractivity contribution is 9.10. The third-order valence-electron chi connectivity index (χ3n) is 3.89. The van der Waals surface area contributed by atoms with E-state index in [2.05, 4.69) is 34.0 Å². The number of benzene rings is 1. The van der Waals surface area contributed by atoms with Gasteiger partial charge in [0.15, 0.2) is 11.5 Å². The molecule has 7 heteroatoms. The molecule has 0 N–H and O–H groups in total. The van der Waals surface area contributed by atoms with Crippen molar-refractivity contribution in [3.05, 3.63) is 61.7 Å². The van der Waals surface area contributed by atoms with Crippen LogP contribution < -0.4 is 15.0 Å². The Morgan fingerprint density at radius 3 is 2.64 bits per heavy atom. The van der Waals surface area contributed by atoms with Crippen LogP contribution in [0.1, 0.15) is 10.4 Å². The Bertz CT molecular complexity index is 996. The second-order valence-corrected chi connectivity index (χ2v) is 7.85. The standard InChI is InChI=1S/C18H15BrN2O3S/c1-11-2-4-17(25-11)14-3-5-18(22)21(20-14)10-12-8-15-16(9-13(12)19)24-7-6-23-15/h2-5,8-9H,6-7,10H2,1H3. The lowest BCUT2D eigenvalue weighted by molar-refractivity contribution is 0.171. The van der Waals surface area contributed by atoms with E-state index in [1.807, 2.05) is 18.2 Å². The van der Waals surface area contributed by atoms with Gasteiger partial charge in [-0.3, -0.25) is 4.79 Å².